The molecule has 1 fully saturated rings. The van der Waals surface area contributed by atoms with E-state index in [9.17, 15) is 23.9 Å². The lowest BCUT2D eigenvalue weighted by Crippen LogP contribution is -2.58. The molecule has 1 aromatic carbocycles. The normalized spacial score (nSPS) is 20.2. The summed E-state index contributed by atoms with van der Waals surface area (Å²) in [6.07, 6.45) is 1.62. The first-order valence-corrected chi connectivity index (χ1v) is 8.37. The molecule has 1 aliphatic heterocycles. The first kappa shape index (κ1) is 19.6. The number of carboxylic acids is 1. The summed E-state index contributed by atoms with van der Waals surface area (Å²) >= 11 is 5.03. The molecule has 1 aromatic rings. The molecule has 0 radical (unpaired) electrons. The van der Waals surface area contributed by atoms with Crippen LogP contribution in [0.25, 0.3) is 0 Å². The summed E-state index contributed by atoms with van der Waals surface area (Å²) in [5.41, 5.74) is 0.288. The summed E-state index contributed by atoms with van der Waals surface area (Å²) in [6, 6.07) is 3.96. The number of nitrogens with one attached hydrogen (secondary N) is 1. The highest BCUT2D eigenvalue weighted by atomic mass is 32.1. The van der Waals surface area contributed by atoms with Gasteiger partial charge < -0.3 is 10.4 Å². The summed E-state index contributed by atoms with van der Waals surface area (Å²) in [7, 11) is 0. The van der Waals surface area contributed by atoms with E-state index in [0.29, 0.717) is 6.42 Å². The molecule has 0 saturated carbocycles. The maximum absolute atomic E-state index is 13.1. The van der Waals surface area contributed by atoms with Crippen molar-refractivity contribution in [3.63, 3.8) is 0 Å². The molecule has 1 unspecified atom stereocenters. The van der Waals surface area contributed by atoms with Crippen molar-refractivity contribution in [1.82, 2.24) is 5.32 Å². The van der Waals surface area contributed by atoms with E-state index in [2.05, 4.69) is 10.3 Å². The van der Waals surface area contributed by atoms with Gasteiger partial charge >= 0.3 is 5.97 Å². The van der Waals surface area contributed by atoms with Gasteiger partial charge in [0.15, 0.2) is 11.0 Å². The predicted octanol–water partition coefficient (Wildman–Crippen LogP) is 1.76. The molecule has 26 heavy (non-hydrogen) atoms. The van der Waals surface area contributed by atoms with Crippen LogP contribution < -0.4 is 10.2 Å². The molecule has 3 atom stereocenters. The molecule has 0 aliphatic carbocycles. The van der Waals surface area contributed by atoms with Crippen molar-refractivity contribution < 1.29 is 23.9 Å². The molecule has 138 valence electrons. The van der Waals surface area contributed by atoms with E-state index in [4.69, 9.17) is 12.2 Å². The Morgan fingerprint density at radius 1 is 1.42 bits per heavy atom. The lowest BCUT2D eigenvalue weighted by molar-refractivity contribution is -0.140. The first-order valence-electron chi connectivity index (χ1n) is 7.96. The van der Waals surface area contributed by atoms with Gasteiger partial charge in [0.05, 0.1) is 5.69 Å². The number of benzene rings is 1. The lowest BCUT2D eigenvalue weighted by Gasteiger charge is -2.31. The fourth-order valence-corrected chi connectivity index (χ4v) is 2.71. The number of anilines is 1. The van der Waals surface area contributed by atoms with Gasteiger partial charge in [0, 0.05) is 6.21 Å². The van der Waals surface area contributed by atoms with Crippen molar-refractivity contribution >= 4 is 47.0 Å². The highest BCUT2D eigenvalue weighted by Crippen LogP contribution is 2.21. The van der Waals surface area contributed by atoms with Crippen molar-refractivity contribution in [2.24, 2.45) is 16.8 Å². The zero-order valence-electron chi connectivity index (χ0n) is 14.2. The highest BCUT2D eigenvalue weighted by Gasteiger charge is 2.38. The SMILES string of the molecule is CC[C@H](C)[C@@H](N=CC1C(=O)NC(=S)N(c2ccc(F)cc2)C1=O)C(=O)O. The maximum Gasteiger partial charge on any atom is 0.328 e. The van der Waals surface area contributed by atoms with Crippen LogP contribution >= 0.6 is 12.2 Å². The van der Waals surface area contributed by atoms with E-state index in [-0.39, 0.29) is 16.7 Å². The minimum atomic E-state index is -1.32. The van der Waals surface area contributed by atoms with Crippen LogP contribution in [0, 0.1) is 17.7 Å². The average Bonchev–Trinajstić information content (AvgIpc) is 2.58. The third-order valence-electron chi connectivity index (χ3n) is 4.12. The van der Waals surface area contributed by atoms with Gasteiger partial charge in [-0.15, -0.1) is 0 Å². The summed E-state index contributed by atoms with van der Waals surface area (Å²) in [4.78, 5) is 41.2. The van der Waals surface area contributed by atoms with Gasteiger partial charge in [0.25, 0.3) is 5.91 Å². The topological polar surface area (TPSA) is 99.1 Å². The number of hydrogen-bond acceptors (Lipinski definition) is 5. The van der Waals surface area contributed by atoms with E-state index in [1.807, 2.05) is 6.92 Å². The molecule has 0 spiro atoms. The van der Waals surface area contributed by atoms with Crippen LogP contribution in [-0.4, -0.2) is 40.3 Å². The predicted molar refractivity (Wildman–Crippen MR) is 97.5 cm³/mol. The number of halogens is 1. The lowest BCUT2D eigenvalue weighted by atomic mass is 9.99. The molecule has 2 rings (SSSR count). The van der Waals surface area contributed by atoms with E-state index in [1.54, 1.807) is 6.92 Å². The summed E-state index contributed by atoms with van der Waals surface area (Å²) in [5, 5.41) is 11.5. The molecular weight excluding hydrogens is 361 g/mol. The number of carbonyl (C=O) groups excluding carboxylic acids is 2. The number of hydrogen-bond donors (Lipinski definition) is 2. The van der Waals surface area contributed by atoms with Crippen LogP contribution in [0.1, 0.15) is 20.3 Å². The van der Waals surface area contributed by atoms with Gasteiger partial charge in [0.1, 0.15) is 11.9 Å². The number of thiocarbonyl (C=S) groups is 1. The van der Waals surface area contributed by atoms with Crippen LogP contribution in [0.5, 0.6) is 0 Å². The summed E-state index contributed by atoms with van der Waals surface area (Å²) in [5.74, 6) is -4.57. The Bertz CT molecular complexity index is 766. The first-order chi connectivity index (χ1) is 12.3. The molecule has 7 nitrogen and oxygen atoms in total. The monoisotopic (exact) mass is 379 g/mol. The standard InChI is InChI=1S/C17H18FN3O4S/c1-3-9(2)13(16(24)25)19-8-12-14(22)20-17(26)21(15(12)23)11-6-4-10(18)5-7-11/h4-9,12-13H,3H2,1-2H3,(H,24,25)(H,20,22,26)/t9-,12?,13+/m0/s1. The van der Waals surface area contributed by atoms with E-state index >= 15 is 0 Å². The second-order valence-electron chi connectivity index (χ2n) is 5.89. The van der Waals surface area contributed by atoms with Gasteiger partial charge in [-0.3, -0.25) is 19.5 Å². The van der Waals surface area contributed by atoms with Crippen molar-refractivity contribution in [3.8, 4) is 0 Å². The van der Waals surface area contributed by atoms with Crippen molar-refractivity contribution in [3.05, 3.63) is 30.1 Å². The Morgan fingerprint density at radius 3 is 2.58 bits per heavy atom. The fourth-order valence-electron chi connectivity index (χ4n) is 2.41. The van der Waals surface area contributed by atoms with Crippen LogP contribution in [0.2, 0.25) is 0 Å². The fraction of sp³-hybridized carbons (Fsp3) is 0.353. The Hall–Kier alpha value is -2.68. The zero-order chi connectivity index (χ0) is 19.4. The average molecular weight is 379 g/mol. The van der Waals surface area contributed by atoms with E-state index < -0.39 is 35.6 Å². The number of amides is 2. The van der Waals surface area contributed by atoms with Crippen molar-refractivity contribution in [2.75, 3.05) is 4.90 Å². The molecule has 1 heterocycles. The third-order valence-corrected chi connectivity index (χ3v) is 4.40. The smallest absolute Gasteiger partial charge is 0.328 e. The second kappa shape index (κ2) is 8.13. The van der Waals surface area contributed by atoms with Gasteiger partial charge in [-0.05, 0) is 42.4 Å². The molecule has 1 saturated heterocycles. The molecule has 0 bridgehead atoms. The minimum absolute atomic E-state index is 0.132. The molecule has 9 heteroatoms. The largest absolute Gasteiger partial charge is 0.480 e. The summed E-state index contributed by atoms with van der Waals surface area (Å²) < 4.78 is 13.1. The van der Waals surface area contributed by atoms with Gasteiger partial charge in [-0.1, -0.05) is 20.3 Å². The molecular formula is C17H18FN3O4S. The Kier molecular flexibility index (Phi) is 6.14. The van der Waals surface area contributed by atoms with Crippen molar-refractivity contribution in [2.45, 2.75) is 26.3 Å². The van der Waals surface area contributed by atoms with Gasteiger partial charge in [0.2, 0.25) is 5.91 Å². The Labute approximate surface area is 154 Å². The van der Waals surface area contributed by atoms with Crippen LogP contribution in [0.4, 0.5) is 10.1 Å². The quantitative estimate of drug-likeness (QED) is 0.446. The number of carboxylic acid groups (broad SMARTS) is 1. The van der Waals surface area contributed by atoms with Crippen LogP contribution in [0.15, 0.2) is 29.3 Å². The Balaban J connectivity index is 2.30. The summed E-state index contributed by atoms with van der Waals surface area (Å²) in [6.45, 7) is 3.54. The minimum Gasteiger partial charge on any atom is -0.480 e. The number of nitrogens with zero attached hydrogens (tertiary/aromatic N) is 2. The number of carbonyl (C=O) groups is 3. The highest BCUT2D eigenvalue weighted by molar-refractivity contribution is 7.80. The van der Waals surface area contributed by atoms with Gasteiger partial charge in [-0.25, -0.2) is 9.18 Å². The second-order valence-corrected chi connectivity index (χ2v) is 6.28. The molecule has 2 amide bonds. The molecule has 1 aliphatic rings. The number of aliphatic imine (C=N–C) groups is 1. The number of rotatable bonds is 6. The zero-order valence-corrected chi connectivity index (χ0v) is 15.0. The maximum atomic E-state index is 13.1. The third kappa shape index (κ3) is 4.10. The molecule has 0 aromatic heterocycles. The molecule has 2 N–H and O–H groups in total. The Morgan fingerprint density at radius 2 is 2.04 bits per heavy atom. The number of aliphatic carboxylic acids is 1. The van der Waals surface area contributed by atoms with E-state index in [1.165, 1.54) is 12.1 Å². The van der Waals surface area contributed by atoms with Crippen LogP contribution in [0.3, 0.4) is 0 Å². The van der Waals surface area contributed by atoms with E-state index in [0.717, 1.165) is 23.2 Å². The van der Waals surface area contributed by atoms with Crippen LogP contribution in [-0.2, 0) is 14.4 Å². The van der Waals surface area contributed by atoms with Gasteiger partial charge in [-0.2, -0.15) is 0 Å². The van der Waals surface area contributed by atoms with Crippen molar-refractivity contribution in [1.29, 1.82) is 0 Å².